The van der Waals surface area contributed by atoms with E-state index in [-0.39, 0.29) is 5.78 Å². The lowest BCUT2D eigenvalue weighted by Crippen LogP contribution is -2.16. The van der Waals surface area contributed by atoms with Crippen LogP contribution in [-0.2, 0) is 0 Å². The summed E-state index contributed by atoms with van der Waals surface area (Å²) in [6.45, 7) is 2.00. The molecule has 24 heavy (non-hydrogen) atoms. The Bertz CT molecular complexity index is 944. The highest BCUT2D eigenvalue weighted by Crippen LogP contribution is 2.42. The highest BCUT2D eigenvalue weighted by atomic mass is 35.5. The fourth-order valence-electron chi connectivity index (χ4n) is 2.79. The number of benzene rings is 1. The van der Waals surface area contributed by atoms with Crippen molar-refractivity contribution in [1.29, 1.82) is 0 Å². The summed E-state index contributed by atoms with van der Waals surface area (Å²) >= 11 is 21.4. The second kappa shape index (κ2) is 6.46. The molecule has 0 N–H and O–H groups in total. The molecular weight excluding hydrogens is 407 g/mol. The number of halogens is 3. The van der Waals surface area contributed by atoms with Crippen molar-refractivity contribution in [3.63, 3.8) is 0 Å². The molecule has 1 fully saturated rings. The van der Waals surface area contributed by atoms with Gasteiger partial charge in [0.1, 0.15) is 0 Å². The second-order valence-electron chi connectivity index (χ2n) is 5.54. The van der Waals surface area contributed by atoms with Gasteiger partial charge in [-0.1, -0.05) is 46.1 Å². The molecule has 0 amide bonds. The number of ketones is 1. The summed E-state index contributed by atoms with van der Waals surface area (Å²) in [7, 11) is 0. The first-order valence-corrected chi connectivity index (χ1v) is 10.1. The first-order valence-electron chi connectivity index (χ1n) is 7.37. The summed E-state index contributed by atoms with van der Waals surface area (Å²) in [6, 6.07) is 3.41. The maximum atomic E-state index is 12.9. The van der Waals surface area contributed by atoms with E-state index in [1.165, 1.54) is 35.5 Å². The number of carbonyl (C=O) groups excluding carboxylic acids is 1. The smallest absolute Gasteiger partial charge is 0.216 e. The minimum absolute atomic E-state index is 0.115. The lowest BCUT2D eigenvalue weighted by Gasteiger charge is -2.11. The average molecular weight is 418 g/mol. The van der Waals surface area contributed by atoms with Gasteiger partial charge >= 0.3 is 0 Å². The number of fused-ring (bicyclic) bond motifs is 1. The van der Waals surface area contributed by atoms with E-state index in [0.717, 1.165) is 22.9 Å². The third-order valence-corrected chi connectivity index (χ3v) is 7.15. The van der Waals surface area contributed by atoms with Crippen molar-refractivity contribution in [2.75, 3.05) is 18.0 Å². The van der Waals surface area contributed by atoms with Gasteiger partial charge in [-0.05, 0) is 25.0 Å². The molecule has 0 bridgehead atoms. The number of rotatable bonds is 3. The normalized spacial score (nSPS) is 14.7. The van der Waals surface area contributed by atoms with Crippen LogP contribution in [0.15, 0.2) is 18.3 Å². The number of anilines is 1. The molecule has 3 nitrogen and oxygen atoms in total. The maximum absolute atomic E-state index is 12.9. The zero-order valence-electron chi connectivity index (χ0n) is 12.3. The second-order valence-corrected chi connectivity index (χ2v) is 8.82. The Morgan fingerprint density at radius 1 is 1.12 bits per heavy atom. The van der Waals surface area contributed by atoms with Crippen LogP contribution in [0.2, 0.25) is 15.1 Å². The monoisotopic (exact) mass is 416 g/mol. The van der Waals surface area contributed by atoms with Crippen molar-refractivity contribution in [1.82, 2.24) is 4.98 Å². The van der Waals surface area contributed by atoms with E-state index in [2.05, 4.69) is 9.88 Å². The van der Waals surface area contributed by atoms with Crippen molar-refractivity contribution in [3.8, 4) is 0 Å². The Morgan fingerprint density at radius 2 is 1.88 bits per heavy atom. The van der Waals surface area contributed by atoms with E-state index in [0.29, 0.717) is 30.2 Å². The van der Waals surface area contributed by atoms with Crippen LogP contribution in [0.3, 0.4) is 0 Å². The minimum atomic E-state index is -0.115. The van der Waals surface area contributed by atoms with Gasteiger partial charge in [0.2, 0.25) is 5.78 Å². The molecule has 2 aromatic heterocycles. The third-order valence-electron chi connectivity index (χ3n) is 3.95. The van der Waals surface area contributed by atoms with Gasteiger partial charge in [0, 0.05) is 28.2 Å². The maximum Gasteiger partial charge on any atom is 0.216 e. The summed E-state index contributed by atoms with van der Waals surface area (Å²) in [6.07, 6.45) is 3.98. The summed E-state index contributed by atoms with van der Waals surface area (Å²) < 4.78 is 0.810. The lowest BCUT2D eigenvalue weighted by molar-refractivity contribution is 0.104. The number of carbonyl (C=O) groups is 1. The van der Waals surface area contributed by atoms with Gasteiger partial charge in [0.05, 0.1) is 26.0 Å². The largest absolute Gasteiger partial charge is 0.348 e. The van der Waals surface area contributed by atoms with Crippen molar-refractivity contribution in [2.24, 2.45) is 0 Å². The number of hydrogen-bond donors (Lipinski definition) is 0. The molecule has 0 unspecified atom stereocenters. The first-order chi connectivity index (χ1) is 11.5. The Labute approximate surface area is 161 Å². The lowest BCUT2D eigenvalue weighted by atomic mass is 10.2. The molecule has 0 atom stereocenters. The molecule has 1 saturated heterocycles. The molecule has 8 heteroatoms. The Kier molecular flexibility index (Phi) is 4.47. The molecule has 1 aliphatic rings. The number of hydrogen-bond acceptors (Lipinski definition) is 5. The van der Waals surface area contributed by atoms with Crippen LogP contribution in [0, 0.1) is 0 Å². The van der Waals surface area contributed by atoms with Gasteiger partial charge in [-0.25, -0.2) is 4.98 Å². The van der Waals surface area contributed by atoms with Crippen LogP contribution in [0.25, 0.3) is 10.1 Å². The van der Waals surface area contributed by atoms with Crippen molar-refractivity contribution >= 4 is 78.5 Å². The average Bonchev–Trinajstić information content (AvgIpc) is 3.25. The Hall–Kier alpha value is -0.850. The molecule has 0 radical (unpaired) electrons. The van der Waals surface area contributed by atoms with Crippen LogP contribution >= 0.6 is 57.5 Å². The SMILES string of the molecule is O=C(c1cnc(N2CCCC2)s1)c1sc2cc(Cl)cc(Cl)c2c1Cl. The number of thiophene rings is 1. The molecule has 1 aliphatic heterocycles. The minimum Gasteiger partial charge on any atom is -0.348 e. The summed E-state index contributed by atoms with van der Waals surface area (Å²) in [4.78, 5) is 20.5. The molecule has 3 aromatic rings. The van der Waals surface area contributed by atoms with E-state index < -0.39 is 0 Å². The van der Waals surface area contributed by atoms with Crippen LogP contribution in [0.4, 0.5) is 5.13 Å². The molecule has 4 rings (SSSR count). The standard InChI is InChI=1S/C16H11Cl3N2OS2/c17-8-5-9(18)12-10(6-8)23-15(13(12)19)14(22)11-7-20-16(24-11)21-3-1-2-4-21/h5-7H,1-4H2. The molecule has 0 saturated carbocycles. The molecule has 124 valence electrons. The summed E-state index contributed by atoms with van der Waals surface area (Å²) in [5.41, 5.74) is 0. The first kappa shape index (κ1) is 16.6. The zero-order valence-corrected chi connectivity index (χ0v) is 16.2. The van der Waals surface area contributed by atoms with E-state index in [1.54, 1.807) is 18.3 Å². The van der Waals surface area contributed by atoms with Crippen LogP contribution < -0.4 is 4.90 Å². The van der Waals surface area contributed by atoms with Gasteiger partial charge in [-0.3, -0.25) is 4.79 Å². The van der Waals surface area contributed by atoms with E-state index in [9.17, 15) is 4.79 Å². The number of aromatic nitrogens is 1. The van der Waals surface area contributed by atoms with E-state index >= 15 is 0 Å². The fraction of sp³-hybridized carbons (Fsp3) is 0.250. The fourth-order valence-corrected chi connectivity index (χ4v) is 6.11. The van der Waals surface area contributed by atoms with Crippen molar-refractivity contribution in [2.45, 2.75) is 12.8 Å². The molecular formula is C16H11Cl3N2OS2. The number of nitrogens with zero attached hydrogens (tertiary/aromatic N) is 2. The quantitative estimate of drug-likeness (QED) is 0.479. The molecule has 3 heterocycles. The molecule has 0 aliphatic carbocycles. The predicted molar refractivity (Wildman–Crippen MR) is 104 cm³/mol. The van der Waals surface area contributed by atoms with E-state index in [1.807, 2.05) is 0 Å². The van der Waals surface area contributed by atoms with Gasteiger partial charge < -0.3 is 4.90 Å². The highest BCUT2D eigenvalue weighted by molar-refractivity contribution is 7.23. The Morgan fingerprint density at radius 3 is 2.62 bits per heavy atom. The summed E-state index contributed by atoms with van der Waals surface area (Å²) in [5.74, 6) is -0.115. The van der Waals surface area contributed by atoms with Gasteiger partial charge in [0.15, 0.2) is 5.13 Å². The number of thiazole rings is 1. The predicted octanol–water partition coefficient (Wildman–Crippen LogP) is 6.15. The Balaban J connectivity index is 1.73. The van der Waals surface area contributed by atoms with Gasteiger partial charge in [0.25, 0.3) is 0 Å². The topological polar surface area (TPSA) is 33.2 Å². The third kappa shape index (κ3) is 2.82. The highest BCUT2D eigenvalue weighted by Gasteiger charge is 2.24. The molecule has 0 spiro atoms. The van der Waals surface area contributed by atoms with Gasteiger partial charge in [-0.15, -0.1) is 11.3 Å². The van der Waals surface area contributed by atoms with Gasteiger partial charge in [-0.2, -0.15) is 0 Å². The molecule has 1 aromatic carbocycles. The van der Waals surface area contributed by atoms with Crippen LogP contribution in [0.1, 0.15) is 27.4 Å². The van der Waals surface area contributed by atoms with Crippen molar-refractivity contribution < 1.29 is 4.79 Å². The van der Waals surface area contributed by atoms with Crippen molar-refractivity contribution in [3.05, 3.63) is 43.2 Å². The van der Waals surface area contributed by atoms with Crippen LogP contribution in [-0.4, -0.2) is 23.9 Å². The zero-order chi connectivity index (χ0) is 16.8. The van der Waals surface area contributed by atoms with E-state index in [4.69, 9.17) is 34.8 Å². The van der Waals surface area contributed by atoms with Crippen LogP contribution in [0.5, 0.6) is 0 Å². The summed E-state index contributed by atoms with van der Waals surface area (Å²) in [5, 5.41) is 2.95.